The van der Waals surface area contributed by atoms with Gasteiger partial charge in [0.05, 0.1) is 12.5 Å². The average molecular weight is 291 g/mol. The molecule has 1 aromatic rings. The Balaban J connectivity index is 1.69. The van der Waals surface area contributed by atoms with E-state index in [4.69, 9.17) is 10.5 Å². The van der Waals surface area contributed by atoms with Crippen LogP contribution in [0.5, 0.6) is 0 Å². The van der Waals surface area contributed by atoms with Crippen molar-refractivity contribution in [2.45, 2.75) is 25.5 Å². The third kappa shape index (κ3) is 4.81. The highest BCUT2D eigenvalue weighted by atomic mass is 16.5. The van der Waals surface area contributed by atoms with Crippen LogP contribution in [0.2, 0.25) is 0 Å². The first kappa shape index (κ1) is 15.9. The predicted octanol–water partition coefficient (Wildman–Crippen LogP) is 0.525. The van der Waals surface area contributed by atoms with E-state index < -0.39 is 0 Å². The summed E-state index contributed by atoms with van der Waals surface area (Å²) in [5.41, 5.74) is 8.36. The summed E-state index contributed by atoms with van der Waals surface area (Å²) in [5.74, 6) is 0.00436. The van der Waals surface area contributed by atoms with Gasteiger partial charge in [-0.15, -0.1) is 0 Å². The Morgan fingerprint density at radius 1 is 1.43 bits per heavy atom. The molecule has 116 valence electrons. The van der Waals surface area contributed by atoms with E-state index in [1.165, 1.54) is 11.1 Å². The quantitative estimate of drug-likeness (QED) is 0.769. The molecule has 1 unspecified atom stereocenters. The predicted molar refractivity (Wildman–Crippen MR) is 82.9 cm³/mol. The van der Waals surface area contributed by atoms with Crippen LogP contribution in [0.3, 0.4) is 0 Å². The Kier molecular flexibility index (Phi) is 6.17. The van der Waals surface area contributed by atoms with Crippen LogP contribution in [0.4, 0.5) is 0 Å². The summed E-state index contributed by atoms with van der Waals surface area (Å²) in [6.45, 7) is 3.93. The number of methoxy groups -OCH3 is 1. The Labute approximate surface area is 126 Å². The van der Waals surface area contributed by atoms with Crippen molar-refractivity contribution in [3.8, 4) is 0 Å². The molecule has 0 saturated heterocycles. The number of hydrogen-bond acceptors (Lipinski definition) is 4. The van der Waals surface area contributed by atoms with Crippen LogP contribution in [0.15, 0.2) is 24.3 Å². The molecule has 5 heteroatoms. The number of rotatable bonds is 7. The molecule has 0 aliphatic carbocycles. The van der Waals surface area contributed by atoms with Gasteiger partial charge in [0.25, 0.3) is 0 Å². The van der Waals surface area contributed by atoms with Crippen molar-refractivity contribution in [2.24, 2.45) is 5.73 Å². The van der Waals surface area contributed by atoms with E-state index in [1.807, 2.05) is 0 Å². The summed E-state index contributed by atoms with van der Waals surface area (Å²) in [5, 5.41) is 2.94. The molecular weight excluding hydrogens is 266 g/mol. The lowest BCUT2D eigenvalue weighted by atomic mass is 10.00. The number of nitrogens with two attached hydrogens (primary N) is 1. The first-order chi connectivity index (χ1) is 10.2. The number of hydrogen-bond donors (Lipinski definition) is 2. The third-order valence-corrected chi connectivity index (χ3v) is 3.97. The Hall–Kier alpha value is -1.43. The molecule has 1 aliphatic rings. The van der Waals surface area contributed by atoms with Crippen LogP contribution < -0.4 is 11.1 Å². The van der Waals surface area contributed by atoms with Gasteiger partial charge >= 0.3 is 0 Å². The second-order valence-corrected chi connectivity index (χ2v) is 5.44. The molecule has 0 saturated carbocycles. The van der Waals surface area contributed by atoms with Gasteiger partial charge in [0.1, 0.15) is 0 Å². The molecule has 1 heterocycles. The molecule has 0 spiro atoms. The highest BCUT2D eigenvalue weighted by Gasteiger charge is 2.16. The molecule has 1 amide bonds. The topological polar surface area (TPSA) is 67.6 Å². The second kappa shape index (κ2) is 8.12. The lowest BCUT2D eigenvalue weighted by molar-refractivity contribution is -0.123. The maximum Gasteiger partial charge on any atom is 0.222 e. The van der Waals surface area contributed by atoms with Gasteiger partial charge in [-0.1, -0.05) is 24.3 Å². The molecule has 0 aromatic heterocycles. The molecule has 0 fully saturated rings. The third-order valence-electron chi connectivity index (χ3n) is 3.97. The molecule has 5 nitrogen and oxygen atoms in total. The van der Waals surface area contributed by atoms with Gasteiger partial charge in [0, 0.05) is 39.8 Å². The van der Waals surface area contributed by atoms with Crippen LogP contribution in [0, 0.1) is 0 Å². The first-order valence-corrected chi connectivity index (χ1v) is 7.51. The van der Waals surface area contributed by atoms with Crippen molar-refractivity contribution in [2.75, 3.05) is 33.3 Å². The highest BCUT2D eigenvalue weighted by Crippen LogP contribution is 2.17. The minimum atomic E-state index is -0.188. The van der Waals surface area contributed by atoms with E-state index in [0.29, 0.717) is 19.5 Å². The standard InChI is InChI=1S/C16H25N3O2/c1-21-15(11-17)10-16(20)18-7-9-19-8-6-13-4-2-3-5-14(13)12-19/h2-5,15H,6-12,17H2,1H3,(H,18,20). The summed E-state index contributed by atoms with van der Waals surface area (Å²) in [6, 6.07) is 8.57. The molecule has 2 rings (SSSR count). The number of nitrogens with one attached hydrogen (secondary N) is 1. The fourth-order valence-corrected chi connectivity index (χ4v) is 2.64. The zero-order chi connectivity index (χ0) is 15.1. The molecular formula is C16H25N3O2. The largest absolute Gasteiger partial charge is 0.380 e. The molecule has 21 heavy (non-hydrogen) atoms. The maximum absolute atomic E-state index is 11.7. The van der Waals surface area contributed by atoms with E-state index in [-0.39, 0.29) is 12.0 Å². The van der Waals surface area contributed by atoms with Crippen LogP contribution in [-0.4, -0.2) is 50.2 Å². The maximum atomic E-state index is 11.7. The molecule has 1 atom stereocenters. The van der Waals surface area contributed by atoms with Crippen molar-refractivity contribution >= 4 is 5.91 Å². The van der Waals surface area contributed by atoms with Gasteiger partial charge in [0.2, 0.25) is 5.91 Å². The van der Waals surface area contributed by atoms with E-state index in [0.717, 1.165) is 26.1 Å². The van der Waals surface area contributed by atoms with Crippen LogP contribution in [-0.2, 0) is 22.5 Å². The molecule has 1 aromatic carbocycles. The van der Waals surface area contributed by atoms with Crippen LogP contribution >= 0.6 is 0 Å². The zero-order valence-electron chi connectivity index (χ0n) is 12.7. The van der Waals surface area contributed by atoms with E-state index in [9.17, 15) is 4.79 Å². The number of benzene rings is 1. The van der Waals surface area contributed by atoms with Crippen molar-refractivity contribution in [3.05, 3.63) is 35.4 Å². The van der Waals surface area contributed by atoms with Crippen molar-refractivity contribution in [1.82, 2.24) is 10.2 Å². The monoisotopic (exact) mass is 291 g/mol. The lowest BCUT2D eigenvalue weighted by Gasteiger charge is -2.28. The normalized spacial score (nSPS) is 16.3. The minimum absolute atomic E-state index is 0.00436. The van der Waals surface area contributed by atoms with Gasteiger partial charge < -0.3 is 15.8 Å². The Bertz CT molecular complexity index is 461. The summed E-state index contributed by atoms with van der Waals surface area (Å²) in [7, 11) is 1.58. The van der Waals surface area contributed by atoms with Crippen molar-refractivity contribution < 1.29 is 9.53 Å². The Morgan fingerprint density at radius 2 is 2.19 bits per heavy atom. The number of ether oxygens (including phenoxy) is 1. The van der Waals surface area contributed by atoms with Gasteiger partial charge in [-0.3, -0.25) is 9.69 Å². The second-order valence-electron chi connectivity index (χ2n) is 5.44. The molecule has 0 radical (unpaired) electrons. The molecule has 3 N–H and O–H groups in total. The van der Waals surface area contributed by atoms with E-state index in [1.54, 1.807) is 7.11 Å². The van der Waals surface area contributed by atoms with E-state index in [2.05, 4.69) is 34.5 Å². The number of amides is 1. The number of fused-ring (bicyclic) bond motifs is 1. The smallest absolute Gasteiger partial charge is 0.222 e. The molecule has 1 aliphatic heterocycles. The summed E-state index contributed by atoms with van der Waals surface area (Å²) in [4.78, 5) is 14.1. The summed E-state index contributed by atoms with van der Waals surface area (Å²) in [6.07, 6.45) is 1.23. The number of carbonyl (C=O) groups excluding carboxylic acids is 1. The van der Waals surface area contributed by atoms with Gasteiger partial charge in [0.15, 0.2) is 0 Å². The zero-order valence-corrected chi connectivity index (χ0v) is 12.7. The number of nitrogens with zero attached hydrogens (tertiary/aromatic N) is 1. The summed E-state index contributed by atoms with van der Waals surface area (Å²) < 4.78 is 5.11. The first-order valence-electron chi connectivity index (χ1n) is 7.51. The van der Waals surface area contributed by atoms with Crippen LogP contribution in [0.25, 0.3) is 0 Å². The fraction of sp³-hybridized carbons (Fsp3) is 0.562. The number of carbonyl (C=O) groups is 1. The van der Waals surface area contributed by atoms with Gasteiger partial charge in [-0.2, -0.15) is 0 Å². The fourth-order valence-electron chi connectivity index (χ4n) is 2.64. The van der Waals surface area contributed by atoms with Crippen molar-refractivity contribution in [1.29, 1.82) is 0 Å². The Morgan fingerprint density at radius 3 is 2.90 bits per heavy atom. The summed E-state index contributed by atoms with van der Waals surface area (Å²) >= 11 is 0. The van der Waals surface area contributed by atoms with Crippen molar-refractivity contribution in [3.63, 3.8) is 0 Å². The molecule has 0 bridgehead atoms. The van der Waals surface area contributed by atoms with Crippen LogP contribution in [0.1, 0.15) is 17.5 Å². The highest BCUT2D eigenvalue weighted by molar-refractivity contribution is 5.76. The lowest BCUT2D eigenvalue weighted by Crippen LogP contribution is -2.39. The van der Waals surface area contributed by atoms with E-state index >= 15 is 0 Å². The minimum Gasteiger partial charge on any atom is -0.380 e. The average Bonchev–Trinajstić information content (AvgIpc) is 2.52. The van der Waals surface area contributed by atoms with Gasteiger partial charge in [-0.25, -0.2) is 0 Å². The SMILES string of the molecule is COC(CN)CC(=O)NCCN1CCc2ccccc2C1. The van der Waals surface area contributed by atoms with Gasteiger partial charge in [-0.05, 0) is 17.5 Å².